The standard InChI is InChI=1S/C9H17NO2/c1-6-4-2-3-5-7(6)8(10)9(11)12/h6-8H,2-5,10H2,1H3,(H,11,12). The molecule has 0 aliphatic heterocycles. The predicted octanol–water partition coefficient (Wildman–Crippen LogP) is 1.22. The number of carbonyl (C=O) groups is 1. The van der Waals surface area contributed by atoms with E-state index in [-0.39, 0.29) is 5.92 Å². The lowest BCUT2D eigenvalue weighted by Crippen LogP contribution is -2.42. The first-order chi connectivity index (χ1) is 5.63. The Kier molecular flexibility index (Phi) is 3.09. The van der Waals surface area contributed by atoms with Crippen molar-refractivity contribution < 1.29 is 9.90 Å². The van der Waals surface area contributed by atoms with Crippen LogP contribution in [0.3, 0.4) is 0 Å². The Labute approximate surface area is 72.9 Å². The Morgan fingerprint density at radius 2 is 2.08 bits per heavy atom. The number of aliphatic carboxylic acids is 1. The molecular weight excluding hydrogens is 154 g/mol. The highest BCUT2D eigenvalue weighted by molar-refractivity contribution is 5.73. The molecule has 0 radical (unpaired) electrons. The molecule has 3 unspecified atom stereocenters. The smallest absolute Gasteiger partial charge is 0.320 e. The van der Waals surface area contributed by atoms with Crippen molar-refractivity contribution in [2.75, 3.05) is 0 Å². The van der Waals surface area contributed by atoms with Gasteiger partial charge in [-0.25, -0.2) is 0 Å². The van der Waals surface area contributed by atoms with Crippen LogP contribution in [-0.4, -0.2) is 17.1 Å². The van der Waals surface area contributed by atoms with E-state index in [1.54, 1.807) is 0 Å². The largest absolute Gasteiger partial charge is 0.480 e. The van der Waals surface area contributed by atoms with Gasteiger partial charge in [-0.05, 0) is 18.3 Å². The van der Waals surface area contributed by atoms with Crippen molar-refractivity contribution in [3.05, 3.63) is 0 Å². The molecular formula is C9H17NO2. The molecule has 12 heavy (non-hydrogen) atoms. The highest BCUT2D eigenvalue weighted by Crippen LogP contribution is 2.31. The molecule has 1 rings (SSSR count). The van der Waals surface area contributed by atoms with Crippen LogP contribution in [0.4, 0.5) is 0 Å². The van der Waals surface area contributed by atoms with E-state index in [0.717, 1.165) is 19.3 Å². The first kappa shape index (κ1) is 9.52. The fourth-order valence-electron chi connectivity index (χ4n) is 2.06. The predicted molar refractivity (Wildman–Crippen MR) is 46.7 cm³/mol. The Balaban J connectivity index is 2.53. The van der Waals surface area contributed by atoms with Crippen LogP contribution in [0.25, 0.3) is 0 Å². The van der Waals surface area contributed by atoms with E-state index in [0.29, 0.717) is 5.92 Å². The summed E-state index contributed by atoms with van der Waals surface area (Å²) in [6.07, 6.45) is 4.47. The van der Waals surface area contributed by atoms with E-state index < -0.39 is 12.0 Å². The molecule has 3 atom stereocenters. The summed E-state index contributed by atoms with van der Waals surface area (Å²) in [4.78, 5) is 10.6. The van der Waals surface area contributed by atoms with E-state index in [1.165, 1.54) is 6.42 Å². The minimum Gasteiger partial charge on any atom is -0.480 e. The van der Waals surface area contributed by atoms with Crippen LogP contribution in [0.1, 0.15) is 32.6 Å². The third-order valence-electron chi connectivity index (χ3n) is 2.92. The topological polar surface area (TPSA) is 63.3 Å². The normalized spacial score (nSPS) is 32.8. The zero-order chi connectivity index (χ0) is 9.14. The van der Waals surface area contributed by atoms with Gasteiger partial charge < -0.3 is 10.8 Å². The number of hydrogen-bond acceptors (Lipinski definition) is 2. The number of nitrogens with two attached hydrogens (primary N) is 1. The highest BCUT2D eigenvalue weighted by Gasteiger charge is 2.30. The summed E-state index contributed by atoms with van der Waals surface area (Å²) in [6.45, 7) is 2.10. The summed E-state index contributed by atoms with van der Waals surface area (Å²) in [5.41, 5.74) is 5.58. The van der Waals surface area contributed by atoms with Crippen LogP contribution in [0.15, 0.2) is 0 Å². The quantitative estimate of drug-likeness (QED) is 0.656. The first-order valence-corrected chi connectivity index (χ1v) is 4.61. The van der Waals surface area contributed by atoms with Crippen LogP contribution < -0.4 is 5.73 Å². The number of hydrogen-bond donors (Lipinski definition) is 2. The van der Waals surface area contributed by atoms with Crippen molar-refractivity contribution in [3.63, 3.8) is 0 Å². The molecule has 3 heteroatoms. The molecule has 0 aromatic rings. The van der Waals surface area contributed by atoms with Crippen LogP contribution >= 0.6 is 0 Å². The molecule has 3 N–H and O–H groups in total. The van der Waals surface area contributed by atoms with E-state index in [1.807, 2.05) is 0 Å². The lowest BCUT2D eigenvalue weighted by Gasteiger charge is -2.31. The van der Waals surface area contributed by atoms with Crippen LogP contribution in [0, 0.1) is 11.8 Å². The van der Waals surface area contributed by atoms with Crippen molar-refractivity contribution in [1.82, 2.24) is 0 Å². The lowest BCUT2D eigenvalue weighted by molar-refractivity contribution is -0.140. The fourth-order valence-corrected chi connectivity index (χ4v) is 2.06. The summed E-state index contributed by atoms with van der Waals surface area (Å²) in [5.74, 6) is -0.185. The maximum Gasteiger partial charge on any atom is 0.320 e. The highest BCUT2D eigenvalue weighted by atomic mass is 16.4. The van der Waals surface area contributed by atoms with Gasteiger partial charge >= 0.3 is 5.97 Å². The van der Waals surface area contributed by atoms with Crippen molar-refractivity contribution in [3.8, 4) is 0 Å². The molecule has 0 bridgehead atoms. The third kappa shape index (κ3) is 1.97. The van der Waals surface area contributed by atoms with Gasteiger partial charge in [-0.15, -0.1) is 0 Å². The number of carboxylic acids is 1. The van der Waals surface area contributed by atoms with Crippen molar-refractivity contribution in [1.29, 1.82) is 0 Å². The Hall–Kier alpha value is -0.570. The molecule has 0 heterocycles. The maximum absolute atomic E-state index is 10.6. The van der Waals surface area contributed by atoms with Gasteiger partial charge in [0.2, 0.25) is 0 Å². The summed E-state index contributed by atoms with van der Waals surface area (Å²) in [7, 11) is 0. The van der Waals surface area contributed by atoms with Gasteiger partial charge in [-0.2, -0.15) is 0 Å². The van der Waals surface area contributed by atoms with Gasteiger partial charge in [0.15, 0.2) is 0 Å². The summed E-state index contributed by atoms with van der Waals surface area (Å²) in [5, 5.41) is 8.73. The Bertz CT molecular complexity index is 170. The molecule has 0 saturated heterocycles. The number of carboxylic acid groups (broad SMARTS) is 1. The maximum atomic E-state index is 10.6. The van der Waals surface area contributed by atoms with Crippen LogP contribution in [-0.2, 0) is 4.79 Å². The average Bonchev–Trinajstić information content (AvgIpc) is 2.04. The fraction of sp³-hybridized carbons (Fsp3) is 0.889. The van der Waals surface area contributed by atoms with Gasteiger partial charge in [0.25, 0.3) is 0 Å². The number of rotatable bonds is 2. The minimum atomic E-state index is -0.853. The zero-order valence-corrected chi connectivity index (χ0v) is 7.49. The zero-order valence-electron chi connectivity index (χ0n) is 7.49. The molecule has 0 amide bonds. The van der Waals surface area contributed by atoms with Gasteiger partial charge in [0.1, 0.15) is 6.04 Å². The monoisotopic (exact) mass is 171 g/mol. The molecule has 1 fully saturated rings. The van der Waals surface area contributed by atoms with Gasteiger partial charge in [-0.3, -0.25) is 4.79 Å². The molecule has 1 aliphatic rings. The molecule has 1 aliphatic carbocycles. The van der Waals surface area contributed by atoms with Crippen molar-refractivity contribution in [2.45, 2.75) is 38.6 Å². The van der Waals surface area contributed by atoms with E-state index in [4.69, 9.17) is 10.8 Å². The van der Waals surface area contributed by atoms with Crippen molar-refractivity contribution in [2.24, 2.45) is 17.6 Å². The molecule has 0 spiro atoms. The first-order valence-electron chi connectivity index (χ1n) is 4.61. The second kappa shape index (κ2) is 3.90. The molecule has 70 valence electrons. The second-order valence-corrected chi connectivity index (χ2v) is 3.79. The van der Waals surface area contributed by atoms with Crippen LogP contribution in [0.5, 0.6) is 0 Å². The van der Waals surface area contributed by atoms with Crippen molar-refractivity contribution >= 4 is 5.97 Å². The Morgan fingerprint density at radius 3 is 2.58 bits per heavy atom. The second-order valence-electron chi connectivity index (χ2n) is 3.79. The lowest BCUT2D eigenvalue weighted by atomic mass is 9.76. The van der Waals surface area contributed by atoms with E-state index in [9.17, 15) is 4.79 Å². The summed E-state index contributed by atoms with van der Waals surface area (Å²) >= 11 is 0. The molecule has 1 saturated carbocycles. The van der Waals surface area contributed by atoms with Gasteiger partial charge in [-0.1, -0.05) is 26.2 Å². The third-order valence-corrected chi connectivity index (χ3v) is 2.92. The minimum absolute atomic E-state index is 0.191. The summed E-state index contributed by atoms with van der Waals surface area (Å²) in [6, 6.07) is -0.653. The van der Waals surface area contributed by atoms with Gasteiger partial charge in [0.05, 0.1) is 0 Å². The van der Waals surface area contributed by atoms with Crippen LogP contribution in [0.2, 0.25) is 0 Å². The molecule has 0 aromatic heterocycles. The van der Waals surface area contributed by atoms with E-state index in [2.05, 4.69) is 6.92 Å². The molecule has 0 aromatic carbocycles. The van der Waals surface area contributed by atoms with Gasteiger partial charge in [0, 0.05) is 0 Å². The Morgan fingerprint density at radius 1 is 1.50 bits per heavy atom. The average molecular weight is 171 g/mol. The summed E-state index contributed by atoms with van der Waals surface area (Å²) < 4.78 is 0. The SMILES string of the molecule is CC1CCCCC1C(N)C(=O)O. The molecule has 3 nitrogen and oxygen atoms in total. The van der Waals surface area contributed by atoms with E-state index >= 15 is 0 Å².